The normalized spacial score (nSPS) is 14.8. The van der Waals surface area contributed by atoms with Gasteiger partial charge in [-0.1, -0.05) is 134 Å². The first-order chi connectivity index (χ1) is 18.1. The molecule has 0 bridgehead atoms. The van der Waals surface area contributed by atoms with Gasteiger partial charge in [0.05, 0.1) is 13.2 Å². The highest BCUT2D eigenvalue weighted by molar-refractivity contribution is 5.57. The lowest BCUT2D eigenvalue weighted by Crippen LogP contribution is -2.49. The van der Waals surface area contributed by atoms with Crippen molar-refractivity contribution in [3.63, 3.8) is 0 Å². The van der Waals surface area contributed by atoms with E-state index in [0.29, 0.717) is 12.9 Å². The summed E-state index contributed by atoms with van der Waals surface area (Å²) >= 11 is 0. The molecule has 0 aromatic heterocycles. The SMILES string of the molecule is CCCCCCCCCCCCCCCCCCOC(C=O)C(OCc1ccccc1)C(O)C(O)CO. The van der Waals surface area contributed by atoms with E-state index in [0.717, 1.165) is 24.8 Å². The van der Waals surface area contributed by atoms with E-state index in [4.69, 9.17) is 9.47 Å². The zero-order valence-electron chi connectivity index (χ0n) is 23.3. The summed E-state index contributed by atoms with van der Waals surface area (Å²) in [6.45, 7) is 2.18. The molecule has 0 saturated carbocycles. The van der Waals surface area contributed by atoms with Gasteiger partial charge < -0.3 is 29.6 Å². The Labute approximate surface area is 225 Å². The summed E-state index contributed by atoms with van der Waals surface area (Å²) in [5, 5.41) is 29.6. The quantitative estimate of drug-likeness (QED) is 0.100. The molecule has 4 atom stereocenters. The largest absolute Gasteiger partial charge is 0.394 e. The fourth-order valence-corrected chi connectivity index (χ4v) is 4.56. The number of ether oxygens (including phenoxy) is 2. The summed E-state index contributed by atoms with van der Waals surface area (Å²) in [4.78, 5) is 11.7. The van der Waals surface area contributed by atoms with Crippen LogP contribution in [0.15, 0.2) is 30.3 Å². The number of hydrogen-bond donors (Lipinski definition) is 3. The van der Waals surface area contributed by atoms with Crippen LogP contribution in [0.25, 0.3) is 0 Å². The Bertz CT molecular complexity index is 625. The average Bonchev–Trinajstić information content (AvgIpc) is 2.93. The third-order valence-electron chi connectivity index (χ3n) is 6.97. The molecule has 214 valence electrons. The van der Waals surface area contributed by atoms with Gasteiger partial charge >= 0.3 is 0 Å². The molecule has 0 saturated heterocycles. The molecule has 0 aliphatic rings. The van der Waals surface area contributed by atoms with Crippen LogP contribution < -0.4 is 0 Å². The number of aldehydes is 1. The minimum atomic E-state index is -1.44. The summed E-state index contributed by atoms with van der Waals surface area (Å²) in [7, 11) is 0. The highest BCUT2D eigenvalue weighted by Gasteiger charge is 2.34. The van der Waals surface area contributed by atoms with Gasteiger partial charge in [0.15, 0.2) is 6.29 Å². The first-order valence-corrected chi connectivity index (χ1v) is 14.8. The van der Waals surface area contributed by atoms with Crippen molar-refractivity contribution >= 4 is 6.29 Å². The molecular weight excluding hydrogens is 468 g/mol. The van der Waals surface area contributed by atoms with Crippen molar-refractivity contribution in [3.8, 4) is 0 Å². The lowest BCUT2D eigenvalue weighted by atomic mass is 10.0. The van der Waals surface area contributed by atoms with Gasteiger partial charge in [-0.3, -0.25) is 0 Å². The number of aliphatic hydroxyl groups is 3. The molecule has 1 aromatic rings. The van der Waals surface area contributed by atoms with Gasteiger partial charge in [0.2, 0.25) is 0 Å². The monoisotopic (exact) mass is 522 g/mol. The molecule has 0 fully saturated rings. The molecule has 37 heavy (non-hydrogen) atoms. The lowest BCUT2D eigenvalue weighted by molar-refractivity contribution is -0.163. The first kappa shape index (κ1) is 33.7. The van der Waals surface area contributed by atoms with Crippen LogP contribution in [0.1, 0.15) is 115 Å². The van der Waals surface area contributed by atoms with Crippen molar-refractivity contribution in [2.45, 2.75) is 141 Å². The summed E-state index contributed by atoms with van der Waals surface area (Å²) in [5.74, 6) is 0. The molecule has 3 N–H and O–H groups in total. The van der Waals surface area contributed by atoms with Crippen LogP contribution in [0.4, 0.5) is 0 Å². The molecule has 0 aliphatic heterocycles. The van der Waals surface area contributed by atoms with Crippen molar-refractivity contribution in [2.75, 3.05) is 13.2 Å². The fourth-order valence-electron chi connectivity index (χ4n) is 4.56. The number of carbonyl (C=O) groups is 1. The molecule has 4 unspecified atom stereocenters. The Morgan fingerprint density at radius 3 is 1.68 bits per heavy atom. The molecule has 1 aromatic carbocycles. The second-order valence-corrected chi connectivity index (χ2v) is 10.3. The Balaban J connectivity index is 2.14. The second kappa shape index (κ2) is 23.8. The number of carbonyl (C=O) groups excluding carboxylic acids is 1. The van der Waals surface area contributed by atoms with Crippen LogP contribution in [-0.2, 0) is 20.9 Å². The van der Waals surface area contributed by atoms with Crippen LogP contribution in [0, 0.1) is 0 Å². The number of benzene rings is 1. The Hall–Kier alpha value is -1.31. The standard InChI is InChI=1S/C31H54O6/c1-2-3-4-5-6-7-8-9-10-11-12-13-14-15-16-20-23-36-29(25-33)31(30(35)28(34)24-32)37-26-27-21-18-17-19-22-27/h17-19,21-22,25,28-32,34-35H,2-16,20,23-24,26H2,1H3. The van der Waals surface area contributed by atoms with E-state index in [1.54, 1.807) is 0 Å². The van der Waals surface area contributed by atoms with Crippen molar-refractivity contribution in [1.82, 2.24) is 0 Å². The molecule has 0 heterocycles. The third-order valence-corrected chi connectivity index (χ3v) is 6.97. The number of unbranched alkanes of at least 4 members (excludes halogenated alkanes) is 15. The third kappa shape index (κ3) is 17.0. The Kier molecular flexibility index (Phi) is 21.7. The smallest absolute Gasteiger partial charge is 0.151 e. The van der Waals surface area contributed by atoms with E-state index in [1.165, 1.54) is 83.5 Å². The van der Waals surface area contributed by atoms with Gasteiger partial charge in [-0.2, -0.15) is 0 Å². The molecule has 0 amide bonds. The van der Waals surface area contributed by atoms with E-state index in [9.17, 15) is 20.1 Å². The molecule has 6 heteroatoms. The van der Waals surface area contributed by atoms with Gasteiger partial charge in [-0.05, 0) is 12.0 Å². The maximum absolute atomic E-state index is 11.7. The maximum atomic E-state index is 11.7. The molecular formula is C31H54O6. The fraction of sp³-hybridized carbons (Fsp3) is 0.774. The van der Waals surface area contributed by atoms with Crippen molar-refractivity contribution < 1.29 is 29.6 Å². The molecule has 6 nitrogen and oxygen atoms in total. The van der Waals surface area contributed by atoms with E-state index in [1.807, 2.05) is 30.3 Å². The molecule has 0 spiro atoms. The highest BCUT2D eigenvalue weighted by atomic mass is 16.6. The van der Waals surface area contributed by atoms with Gasteiger partial charge in [0.25, 0.3) is 0 Å². The summed E-state index contributed by atoms with van der Waals surface area (Å²) in [6.07, 6.45) is 16.3. The van der Waals surface area contributed by atoms with Crippen LogP contribution in [-0.4, -0.2) is 59.2 Å². The van der Waals surface area contributed by atoms with Crippen LogP contribution in [0.2, 0.25) is 0 Å². The van der Waals surface area contributed by atoms with Gasteiger partial charge in [0.1, 0.15) is 24.4 Å². The molecule has 0 radical (unpaired) electrons. The highest BCUT2D eigenvalue weighted by Crippen LogP contribution is 2.16. The van der Waals surface area contributed by atoms with E-state index in [2.05, 4.69) is 6.92 Å². The van der Waals surface area contributed by atoms with E-state index in [-0.39, 0.29) is 6.61 Å². The summed E-state index contributed by atoms with van der Waals surface area (Å²) in [6, 6.07) is 9.38. The van der Waals surface area contributed by atoms with Gasteiger partial charge in [-0.25, -0.2) is 0 Å². The maximum Gasteiger partial charge on any atom is 0.151 e. The van der Waals surface area contributed by atoms with Crippen LogP contribution in [0.3, 0.4) is 0 Å². The zero-order valence-corrected chi connectivity index (χ0v) is 23.3. The summed E-state index contributed by atoms with van der Waals surface area (Å²) < 4.78 is 11.5. The minimum Gasteiger partial charge on any atom is -0.394 e. The van der Waals surface area contributed by atoms with E-state index >= 15 is 0 Å². The lowest BCUT2D eigenvalue weighted by Gasteiger charge is -2.30. The Morgan fingerprint density at radius 2 is 1.22 bits per heavy atom. The van der Waals surface area contributed by atoms with Gasteiger partial charge in [0, 0.05) is 6.61 Å². The predicted octanol–water partition coefficient (Wildman–Crippen LogP) is 6.13. The molecule has 0 aliphatic carbocycles. The predicted molar refractivity (Wildman–Crippen MR) is 149 cm³/mol. The van der Waals surface area contributed by atoms with Crippen LogP contribution in [0.5, 0.6) is 0 Å². The Morgan fingerprint density at radius 1 is 0.730 bits per heavy atom. The van der Waals surface area contributed by atoms with Crippen LogP contribution >= 0.6 is 0 Å². The van der Waals surface area contributed by atoms with Crippen molar-refractivity contribution in [3.05, 3.63) is 35.9 Å². The second-order valence-electron chi connectivity index (χ2n) is 10.3. The first-order valence-electron chi connectivity index (χ1n) is 14.8. The molecule has 1 rings (SSSR count). The number of aliphatic hydroxyl groups excluding tert-OH is 3. The number of hydrogen-bond acceptors (Lipinski definition) is 6. The summed E-state index contributed by atoms with van der Waals surface area (Å²) in [5.41, 5.74) is 0.876. The number of rotatable bonds is 26. The zero-order chi connectivity index (χ0) is 27.0. The van der Waals surface area contributed by atoms with Crippen molar-refractivity contribution in [1.29, 1.82) is 0 Å². The minimum absolute atomic E-state index is 0.160. The average molecular weight is 523 g/mol. The topological polar surface area (TPSA) is 96.2 Å². The van der Waals surface area contributed by atoms with Crippen molar-refractivity contribution in [2.24, 2.45) is 0 Å². The van der Waals surface area contributed by atoms with E-state index < -0.39 is 31.0 Å². The van der Waals surface area contributed by atoms with Gasteiger partial charge in [-0.15, -0.1) is 0 Å².